The van der Waals surface area contributed by atoms with Crippen molar-refractivity contribution in [3.05, 3.63) is 47.1 Å². The van der Waals surface area contributed by atoms with Gasteiger partial charge in [0.2, 0.25) is 5.82 Å². The van der Waals surface area contributed by atoms with Gasteiger partial charge in [-0.3, -0.25) is 9.48 Å². The van der Waals surface area contributed by atoms with E-state index in [-0.39, 0.29) is 24.9 Å². The van der Waals surface area contributed by atoms with E-state index < -0.39 is 0 Å². The Hall–Kier alpha value is -3.16. The summed E-state index contributed by atoms with van der Waals surface area (Å²) in [5.74, 6) is 1.12. The van der Waals surface area contributed by atoms with Gasteiger partial charge < -0.3 is 14.0 Å². The smallest absolute Gasteiger partial charge is 0.306 e. The summed E-state index contributed by atoms with van der Waals surface area (Å²) in [5, 5.41) is 8.26. The van der Waals surface area contributed by atoms with Crippen LogP contribution in [0.5, 0.6) is 5.75 Å². The zero-order valence-electron chi connectivity index (χ0n) is 15.9. The molecule has 0 bridgehead atoms. The van der Waals surface area contributed by atoms with E-state index in [1.807, 2.05) is 49.8 Å². The lowest BCUT2D eigenvalue weighted by Crippen LogP contribution is -2.07. The maximum absolute atomic E-state index is 12.0. The number of hydrogen-bond donors (Lipinski definition) is 0. The van der Waals surface area contributed by atoms with Crippen molar-refractivity contribution in [3.63, 3.8) is 0 Å². The second-order valence-electron chi connectivity index (χ2n) is 6.17. The van der Waals surface area contributed by atoms with Crippen molar-refractivity contribution in [1.82, 2.24) is 19.9 Å². The standard InChI is InChI=1S/C19H22N4O4/c1-12-16(13(2)23(3)21-12)9-10-18(24)26-11-17-20-19(22-27-17)14-5-7-15(25-4)8-6-14/h5-8H,9-11H2,1-4H3. The highest BCUT2D eigenvalue weighted by molar-refractivity contribution is 5.69. The van der Waals surface area contributed by atoms with E-state index >= 15 is 0 Å². The third-order valence-corrected chi connectivity index (χ3v) is 4.41. The highest BCUT2D eigenvalue weighted by atomic mass is 16.6. The number of benzene rings is 1. The highest BCUT2D eigenvalue weighted by Gasteiger charge is 2.14. The summed E-state index contributed by atoms with van der Waals surface area (Å²) >= 11 is 0. The molecule has 2 aromatic heterocycles. The van der Waals surface area contributed by atoms with Crippen molar-refractivity contribution < 1.29 is 18.8 Å². The van der Waals surface area contributed by atoms with Crippen LogP contribution < -0.4 is 4.74 Å². The van der Waals surface area contributed by atoms with E-state index in [2.05, 4.69) is 15.2 Å². The van der Waals surface area contributed by atoms with E-state index in [0.717, 1.165) is 28.3 Å². The number of nitrogens with zero attached hydrogens (tertiary/aromatic N) is 4. The van der Waals surface area contributed by atoms with Crippen molar-refractivity contribution in [2.75, 3.05) is 7.11 Å². The Labute approximate surface area is 157 Å². The Balaban J connectivity index is 1.52. The number of aromatic nitrogens is 4. The fraction of sp³-hybridized carbons (Fsp3) is 0.368. The first-order valence-electron chi connectivity index (χ1n) is 8.59. The number of carbonyl (C=O) groups is 1. The van der Waals surface area contributed by atoms with Crippen molar-refractivity contribution >= 4 is 5.97 Å². The fourth-order valence-corrected chi connectivity index (χ4v) is 2.79. The Morgan fingerprint density at radius 1 is 1.22 bits per heavy atom. The topological polar surface area (TPSA) is 92.3 Å². The average molecular weight is 370 g/mol. The van der Waals surface area contributed by atoms with Crippen LogP contribution in [0, 0.1) is 13.8 Å². The summed E-state index contributed by atoms with van der Waals surface area (Å²) in [5.41, 5.74) is 3.86. The Morgan fingerprint density at radius 3 is 2.59 bits per heavy atom. The van der Waals surface area contributed by atoms with Gasteiger partial charge in [0.05, 0.1) is 12.8 Å². The quantitative estimate of drug-likeness (QED) is 0.590. The largest absolute Gasteiger partial charge is 0.497 e. The van der Waals surface area contributed by atoms with Crippen molar-refractivity contribution in [2.24, 2.45) is 7.05 Å². The predicted molar refractivity (Wildman–Crippen MR) is 97.1 cm³/mol. The number of rotatable bonds is 7. The van der Waals surface area contributed by atoms with Gasteiger partial charge in [-0.05, 0) is 50.1 Å². The maximum atomic E-state index is 12.0. The molecule has 0 amide bonds. The van der Waals surface area contributed by atoms with Crippen LogP contribution in [0.1, 0.15) is 29.3 Å². The van der Waals surface area contributed by atoms with Crippen molar-refractivity contribution in [2.45, 2.75) is 33.3 Å². The minimum absolute atomic E-state index is 0.0486. The van der Waals surface area contributed by atoms with Crippen LogP contribution in [-0.2, 0) is 29.6 Å². The molecule has 0 radical (unpaired) electrons. The summed E-state index contributed by atoms with van der Waals surface area (Å²) in [4.78, 5) is 16.3. The van der Waals surface area contributed by atoms with Gasteiger partial charge in [-0.15, -0.1) is 0 Å². The molecule has 2 heterocycles. The Kier molecular flexibility index (Phi) is 5.54. The van der Waals surface area contributed by atoms with Crippen LogP contribution in [0.25, 0.3) is 11.4 Å². The van der Waals surface area contributed by atoms with Gasteiger partial charge in [0.25, 0.3) is 5.89 Å². The molecule has 0 N–H and O–H groups in total. The number of ether oxygens (including phenoxy) is 2. The molecule has 0 spiro atoms. The van der Waals surface area contributed by atoms with E-state index in [1.165, 1.54) is 0 Å². The predicted octanol–water partition coefficient (Wildman–Crippen LogP) is 2.77. The van der Waals surface area contributed by atoms with Gasteiger partial charge in [-0.2, -0.15) is 10.1 Å². The maximum Gasteiger partial charge on any atom is 0.306 e. The number of carbonyl (C=O) groups excluding carboxylic acids is 1. The molecule has 0 atom stereocenters. The van der Waals surface area contributed by atoms with Gasteiger partial charge in [-0.25, -0.2) is 0 Å². The van der Waals surface area contributed by atoms with E-state index in [4.69, 9.17) is 14.0 Å². The molecule has 142 valence electrons. The molecule has 3 rings (SSSR count). The van der Waals surface area contributed by atoms with Crippen molar-refractivity contribution in [1.29, 1.82) is 0 Å². The molecule has 0 unspecified atom stereocenters. The molecule has 8 nitrogen and oxygen atoms in total. The number of hydrogen-bond acceptors (Lipinski definition) is 7. The van der Waals surface area contributed by atoms with Gasteiger partial charge >= 0.3 is 5.97 Å². The lowest BCUT2D eigenvalue weighted by atomic mass is 10.1. The van der Waals surface area contributed by atoms with Gasteiger partial charge in [0.15, 0.2) is 6.61 Å². The van der Waals surface area contributed by atoms with Gasteiger partial charge in [0, 0.05) is 24.7 Å². The first kappa shape index (κ1) is 18.6. The number of esters is 1. The van der Waals surface area contributed by atoms with E-state index in [9.17, 15) is 4.79 Å². The first-order valence-corrected chi connectivity index (χ1v) is 8.59. The summed E-state index contributed by atoms with van der Waals surface area (Å²) < 4.78 is 17.3. The lowest BCUT2D eigenvalue weighted by molar-refractivity contribution is -0.145. The Bertz CT molecular complexity index is 928. The van der Waals surface area contributed by atoms with Gasteiger partial charge in [-0.1, -0.05) is 5.16 Å². The molecular weight excluding hydrogens is 348 g/mol. The van der Waals surface area contributed by atoms with E-state index in [1.54, 1.807) is 7.11 Å². The van der Waals surface area contributed by atoms with Crippen LogP contribution >= 0.6 is 0 Å². The molecule has 0 aliphatic heterocycles. The van der Waals surface area contributed by atoms with Crippen LogP contribution in [0.3, 0.4) is 0 Å². The van der Waals surface area contributed by atoms with Crippen molar-refractivity contribution in [3.8, 4) is 17.1 Å². The molecule has 0 aliphatic carbocycles. The van der Waals surface area contributed by atoms with Gasteiger partial charge in [0.1, 0.15) is 5.75 Å². The van der Waals surface area contributed by atoms with E-state index in [0.29, 0.717) is 12.2 Å². The second kappa shape index (κ2) is 8.03. The molecule has 8 heteroatoms. The molecule has 1 aromatic carbocycles. The first-order chi connectivity index (χ1) is 13.0. The fourth-order valence-electron chi connectivity index (χ4n) is 2.79. The Morgan fingerprint density at radius 2 is 1.96 bits per heavy atom. The third-order valence-electron chi connectivity index (χ3n) is 4.41. The second-order valence-corrected chi connectivity index (χ2v) is 6.17. The summed E-state index contributed by atoms with van der Waals surface area (Å²) in [6.07, 6.45) is 0.859. The summed E-state index contributed by atoms with van der Waals surface area (Å²) in [6.45, 7) is 3.87. The zero-order chi connectivity index (χ0) is 19.4. The average Bonchev–Trinajstić information content (AvgIpc) is 3.24. The molecule has 0 saturated heterocycles. The van der Waals surface area contributed by atoms with Crippen LogP contribution in [-0.4, -0.2) is 33.0 Å². The minimum Gasteiger partial charge on any atom is -0.497 e. The third kappa shape index (κ3) is 4.33. The lowest BCUT2D eigenvalue weighted by Gasteiger charge is -2.03. The normalized spacial score (nSPS) is 10.8. The number of aryl methyl sites for hydroxylation is 2. The SMILES string of the molecule is COc1ccc(-c2noc(COC(=O)CCc3c(C)nn(C)c3C)n2)cc1. The number of methoxy groups -OCH3 is 1. The summed E-state index contributed by atoms with van der Waals surface area (Å²) in [7, 11) is 3.49. The molecule has 0 saturated carbocycles. The molecular formula is C19H22N4O4. The summed E-state index contributed by atoms with van der Waals surface area (Å²) in [6, 6.07) is 7.29. The minimum atomic E-state index is -0.318. The molecule has 0 fully saturated rings. The molecule has 27 heavy (non-hydrogen) atoms. The highest BCUT2D eigenvalue weighted by Crippen LogP contribution is 2.20. The molecule has 3 aromatic rings. The van der Waals surface area contributed by atoms with Crippen LogP contribution in [0.4, 0.5) is 0 Å². The monoisotopic (exact) mass is 370 g/mol. The van der Waals surface area contributed by atoms with Crippen LogP contribution in [0.2, 0.25) is 0 Å². The molecule has 0 aliphatic rings. The zero-order valence-corrected chi connectivity index (χ0v) is 15.9. The van der Waals surface area contributed by atoms with Crippen LogP contribution in [0.15, 0.2) is 28.8 Å².